The molecule has 20 heavy (non-hydrogen) atoms. The number of guanidine groups is 2. The Kier molecular flexibility index (Phi) is 4.78. The highest BCUT2D eigenvalue weighted by molar-refractivity contribution is 5.93. The Morgan fingerprint density at radius 3 is 2.40 bits per heavy atom. The van der Waals surface area contributed by atoms with E-state index < -0.39 is 11.7 Å². The maximum atomic E-state index is 12.6. The molecule has 0 radical (unpaired) electrons. The molecular formula is C11H14F3N5O. The van der Waals surface area contributed by atoms with Crippen molar-refractivity contribution in [2.24, 2.45) is 27.2 Å². The first kappa shape index (κ1) is 15.6. The van der Waals surface area contributed by atoms with Crippen LogP contribution in [0.4, 0.5) is 18.9 Å². The van der Waals surface area contributed by atoms with Crippen molar-refractivity contribution in [3.8, 4) is 5.75 Å². The van der Waals surface area contributed by atoms with Gasteiger partial charge in [-0.2, -0.15) is 18.2 Å². The molecule has 0 amide bonds. The Balaban J connectivity index is 3.29. The lowest BCUT2D eigenvalue weighted by atomic mass is 10.2. The normalized spacial score (nSPS) is 12.1. The molecule has 6 nitrogen and oxygen atoms in total. The molecule has 6 N–H and O–H groups in total. The van der Waals surface area contributed by atoms with Gasteiger partial charge in [-0.05, 0) is 25.1 Å². The maximum Gasteiger partial charge on any atom is 0.416 e. The molecule has 0 saturated carbocycles. The van der Waals surface area contributed by atoms with E-state index >= 15 is 0 Å². The summed E-state index contributed by atoms with van der Waals surface area (Å²) in [5, 5.41) is 0. The van der Waals surface area contributed by atoms with Crippen molar-refractivity contribution >= 4 is 17.6 Å². The van der Waals surface area contributed by atoms with Crippen molar-refractivity contribution in [2.45, 2.75) is 13.1 Å². The van der Waals surface area contributed by atoms with Gasteiger partial charge in [0.1, 0.15) is 11.4 Å². The molecule has 0 bridgehead atoms. The molecule has 9 heteroatoms. The summed E-state index contributed by atoms with van der Waals surface area (Å²) in [5.74, 6) is -0.573. The van der Waals surface area contributed by atoms with Crippen LogP contribution in [-0.4, -0.2) is 18.5 Å². The lowest BCUT2D eigenvalue weighted by Gasteiger charge is -2.11. The number of benzene rings is 1. The quantitative estimate of drug-likeness (QED) is 0.575. The van der Waals surface area contributed by atoms with E-state index in [1.54, 1.807) is 6.92 Å². The van der Waals surface area contributed by atoms with Crippen LogP contribution in [0.5, 0.6) is 5.75 Å². The molecule has 0 aromatic heterocycles. The molecular weight excluding hydrogens is 275 g/mol. The number of alkyl halides is 3. The molecule has 0 spiro atoms. The largest absolute Gasteiger partial charge is 0.492 e. The molecule has 110 valence electrons. The first-order chi connectivity index (χ1) is 9.24. The van der Waals surface area contributed by atoms with Gasteiger partial charge in [0, 0.05) is 0 Å². The van der Waals surface area contributed by atoms with Gasteiger partial charge in [-0.1, -0.05) is 0 Å². The Morgan fingerprint density at radius 1 is 1.25 bits per heavy atom. The summed E-state index contributed by atoms with van der Waals surface area (Å²) in [6.45, 7) is 1.95. The molecule has 0 heterocycles. The average Bonchev–Trinajstić information content (AvgIpc) is 2.29. The third-order valence-electron chi connectivity index (χ3n) is 2.06. The number of hydrogen-bond donors (Lipinski definition) is 3. The third-order valence-corrected chi connectivity index (χ3v) is 2.06. The van der Waals surface area contributed by atoms with Gasteiger partial charge in [0.15, 0.2) is 5.96 Å². The van der Waals surface area contributed by atoms with Crippen LogP contribution in [0.15, 0.2) is 28.2 Å². The fraction of sp³-hybridized carbons (Fsp3) is 0.273. The molecule has 0 aliphatic carbocycles. The second kappa shape index (κ2) is 6.13. The van der Waals surface area contributed by atoms with Crippen molar-refractivity contribution in [1.29, 1.82) is 0 Å². The molecule has 0 aliphatic rings. The van der Waals surface area contributed by atoms with Crippen molar-refractivity contribution in [2.75, 3.05) is 6.61 Å². The molecule has 1 rings (SSSR count). The first-order valence-corrected chi connectivity index (χ1v) is 5.52. The first-order valence-electron chi connectivity index (χ1n) is 5.52. The highest BCUT2D eigenvalue weighted by atomic mass is 19.4. The summed E-state index contributed by atoms with van der Waals surface area (Å²) in [5.41, 5.74) is 14.6. The zero-order valence-electron chi connectivity index (χ0n) is 10.6. The molecule has 0 fully saturated rings. The number of nitrogens with two attached hydrogens (primary N) is 3. The van der Waals surface area contributed by atoms with E-state index in [2.05, 4.69) is 9.98 Å². The van der Waals surface area contributed by atoms with Crippen LogP contribution in [-0.2, 0) is 6.18 Å². The van der Waals surface area contributed by atoms with Crippen LogP contribution >= 0.6 is 0 Å². The minimum atomic E-state index is -4.50. The predicted molar refractivity (Wildman–Crippen MR) is 69.7 cm³/mol. The van der Waals surface area contributed by atoms with Gasteiger partial charge in [-0.3, -0.25) is 0 Å². The van der Waals surface area contributed by atoms with Crippen molar-refractivity contribution < 1.29 is 17.9 Å². The van der Waals surface area contributed by atoms with Gasteiger partial charge in [0.2, 0.25) is 5.96 Å². The lowest BCUT2D eigenvalue weighted by Crippen LogP contribution is -2.26. The second-order valence-electron chi connectivity index (χ2n) is 3.62. The summed E-state index contributed by atoms with van der Waals surface area (Å²) in [7, 11) is 0. The van der Waals surface area contributed by atoms with E-state index in [-0.39, 0.29) is 30.0 Å². The van der Waals surface area contributed by atoms with Gasteiger partial charge in [0.25, 0.3) is 0 Å². The Hall–Kier alpha value is -2.45. The van der Waals surface area contributed by atoms with Crippen LogP contribution in [0, 0.1) is 0 Å². The zero-order valence-corrected chi connectivity index (χ0v) is 10.6. The van der Waals surface area contributed by atoms with Crippen LogP contribution in [0.25, 0.3) is 0 Å². The summed E-state index contributed by atoms with van der Waals surface area (Å²) in [4.78, 5) is 7.14. The Labute approximate surface area is 113 Å². The van der Waals surface area contributed by atoms with E-state index in [4.69, 9.17) is 21.9 Å². The Bertz CT molecular complexity index is 535. The fourth-order valence-corrected chi connectivity index (χ4v) is 1.34. The summed E-state index contributed by atoms with van der Waals surface area (Å²) < 4.78 is 43.1. The van der Waals surface area contributed by atoms with Gasteiger partial charge >= 0.3 is 6.18 Å². The number of aliphatic imine (C=N–C) groups is 2. The predicted octanol–water partition coefficient (Wildman–Crippen LogP) is 1.32. The van der Waals surface area contributed by atoms with Gasteiger partial charge in [0.05, 0.1) is 12.2 Å². The zero-order chi connectivity index (χ0) is 15.3. The minimum absolute atomic E-state index is 0.107. The fourth-order valence-electron chi connectivity index (χ4n) is 1.34. The minimum Gasteiger partial charge on any atom is -0.492 e. The number of nitrogens with zero attached hydrogens (tertiary/aromatic N) is 2. The topological polar surface area (TPSA) is 112 Å². The number of ether oxygens (including phenoxy) is 1. The van der Waals surface area contributed by atoms with E-state index in [1.165, 1.54) is 0 Å². The summed E-state index contributed by atoms with van der Waals surface area (Å²) >= 11 is 0. The van der Waals surface area contributed by atoms with E-state index in [0.717, 1.165) is 18.2 Å². The highest BCUT2D eigenvalue weighted by Crippen LogP contribution is 2.36. The SMILES string of the molecule is CCOc1ccc(C(F)(F)F)cc1N=C(N)N=C(N)N. The molecule has 0 unspecified atom stereocenters. The van der Waals surface area contributed by atoms with Crippen molar-refractivity contribution in [1.82, 2.24) is 0 Å². The smallest absolute Gasteiger partial charge is 0.416 e. The molecule has 0 atom stereocenters. The second-order valence-corrected chi connectivity index (χ2v) is 3.62. The van der Waals surface area contributed by atoms with E-state index in [1.807, 2.05) is 0 Å². The third kappa shape index (κ3) is 4.34. The molecule has 0 saturated heterocycles. The van der Waals surface area contributed by atoms with Gasteiger partial charge in [-0.25, -0.2) is 4.99 Å². The standard InChI is InChI=1S/C11H14F3N5O/c1-2-20-8-4-3-6(11(12,13)14)5-7(8)18-10(17)19-9(15)16/h3-5H,2H2,1H3,(H6,15,16,17,18,19). The number of halogens is 3. The van der Waals surface area contributed by atoms with Gasteiger partial charge in [-0.15, -0.1) is 0 Å². The monoisotopic (exact) mass is 289 g/mol. The maximum absolute atomic E-state index is 12.6. The lowest BCUT2D eigenvalue weighted by molar-refractivity contribution is -0.137. The van der Waals surface area contributed by atoms with Crippen LogP contribution in [0.3, 0.4) is 0 Å². The number of rotatable bonds is 3. The highest BCUT2D eigenvalue weighted by Gasteiger charge is 2.31. The summed E-state index contributed by atoms with van der Waals surface area (Å²) in [6.07, 6.45) is -4.50. The van der Waals surface area contributed by atoms with Crippen molar-refractivity contribution in [3.63, 3.8) is 0 Å². The molecule has 1 aromatic rings. The Morgan fingerprint density at radius 2 is 1.90 bits per heavy atom. The molecule has 1 aromatic carbocycles. The molecule has 0 aliphatic heterocycles. The average molecular weight is 289 g/mol. The van der Waals surface area contributed by atoms with Crippen LogP contribution < -0.4 is 21.9 Å². The van der Waals surface area contributed by atoms with Crippen LogP contribution in [0.2, 0.25) is 0 Å². The van der Waals surface area contributed by atoms with Gasteiger partial charge < -0.3 is 21.9 Å². The van der Waals surface area contributed by atoms with Crippen molar-refractivity contribution in [3.05, 3.63) is 23.8 Å². The summed E-state index contributed by atoms with van der Waals surface area (Å²) in [6, 6.07) is 2.86. The number of hydrogen-bond acceptors (Lipinski definition) is 2. The van der Waals surface area contributed by atoms with Crippen LogP contribution in [0.1, 0.15) is 12.5 Å². The van der Waals surface area contributed by atoms with E-state index in [9.17, 15) is 13.2 Å². The van der Waals surface area contributed by atoms with E-state index in [0.29, 0.717) is 0 Å².